The summed E-state index contributed by atoms with van der Waals surface area (Å²) in [6.07, 6.45) is -9.00. The lowest BCUT2D eigenvalue weighted by atomic mass is 10.0. The number of rotatable bonds is 7. The van der Waals surface area contributed by atoms with E-state index in [1.54, 1.807) is 0 Å². The first-order valence-electron chi connectivity index (χ1n) is 10.2. The number of thiocarbonyl (C=S) groups is 1. The SMILES string of the molecule is O=C(O)CNC(=O)CCN1C(=O)C(=Cc2cccc(-c3cc(C(F)(F)F)cc(C(F)(F)F)c3)n2)SC1=S. The minimum Gasteiger partial charge on any atom is -0.480 e. The molecule has 1 aliphatic heterocycles. The van der Waals surface area contributed by atoms with Crippen molar-refractivity contribution < 1.29 is 45.8 Å². The van der Waals surface area contributed by atoms with Crippen molar-refractivity contribution in [3.05, 3.63) is 58.1 Å². The molecule has 3 rings (SSSR count). The van der Waals surface area contributed by atoms with Gasteiger partial charge in [0.2, 0.25) is 5.91 Å². The molecule has 196 valence electrons. The van der Waals surface area contributed by atoms with Crippen LogP contribution in [0.3, 0.4) is 0 Å². The molecule has 0 aliphatic carbocycles. The van der Waals surface area contributed by atoms with Crippen LogP contribution >= 0.6 is 24.0 Å². The van der Waals surface area contributed by atoms with Crippen LogP contribution < -0.4 is 5.32 Å². The van der Waals surface area contributed by atoms with E-state index in [2.05, 4.69) is 10.3 Å². The quantitative estimate of drug-likeness (QED) is 0.289. The summed E-state index contributed by atoms with van der Waals surface area (Å²) in [5, 5.41) is 10.7. The van der Waals surface area contributed by atoms with Gasteiger partial charge in [-0.1, -0.05) is 30.0 Å². The number of carbonyl (C=O) groups excluding carboxylic acids is 2. The summed E-state index contributed by atoms with van der Waals surface area (Å²) in [4.78, 5) is 40.2. The number of nitrogens with zero attached hydrogens (tertiary/aromatic N) is 2. The van der Waals surface area contributed by atoms with Crippen LogP contribution in [0.2, 0.25) is 0 Å². The van der Waals surface area contributed by atoms with Crippen molar-refractivity contribution in [2.45, 2.75) is 18.8 Å². The van der Waals surface area contributed by atoms with E-state index in [0.29, 0.717) is 12.1 Å². The Morgan fingerprint density at radius 2 is 1.70 bits per heavy atom. The monoisotopic (exact) mass is 563 g/mol. The average Bonchev–Trinajstić information content (AvgIpc) is 3.07. The zero-order valence-corrected chi connectivity index (χ0v) is 19.9. The molecule has 0 saturated carbocycles. The molecular weight excluding hydrogens is 548 g/mol. The van der Waals surface area contributed by atoms with E-state index < -0.39 is 53.4 Å². The molecule has 37 heavy (non-hydrogen) atoms. The van der Waals surface area contributed by atoms with Gasteiger partial charge in [-0.15, -0.1) is 0 Å². The van der Waals surface area contributed by atoms with Crippen LogP contribution in [0.25, 0.3) is 17.3 Å². The normalized spacial score (nSPS) is 15.4. The van der Waals surface area contributed by atoms with E-state index in [9.17, 15) is 40.7 Å². The predicted octanol–water partition coefficient (Wildman–Crippen LogP) is 4.58. The molecule has 0 unspecified atom stereocenters. The number of halogens is 6. The van der Waals surface area contributed by atoms with Gasteiger partial charge in [-0.3, -0.25) is 19.3 Å². The highest BCUT2D eigenvalue weighted by Crippen LogP contribution is 2.38. The van der Waals surface area contributed by atoms with Crippen molar-refractivity contribution in [2.24, 2.45) is 0 Å². The number of hydrogen-bond donors (Lipinski definition) is 2. The van der Waals surface area contributed by atoms with E-state index >= 15 is 0 Å². The molecule has 0 atom stereocenters. The van der Waals surface area contributed by atoms with Crippen LogP contribution in [0.5, 0.6) is 0 Å². The molecule has 2 heterocycles. The fraction of sp³-hybridized carbons (Fsp3) is 0.227. The Kier molecular flexibility index (Phi) is 8.27. The molecule has 15 heteroatoms. The minimum atomic E-state index is -5.02. The van der Waals surface area contributed by atoms with E-state index in [1.807, 2.05) is 0 Å². The number of aromatic nitrogens is 1. The highest BCUT2D eigenvalue weighted by molar-refractivity contribution is 8.26. The van der Waals surface area contributed by atoms with E-state index in [-0.39, 0.29) is 39.6 Å². The van der Waals surface area contributed by atoms with Crippen molar-refractivity contribution in [1.82, 2.24) is 15.2 Å². The van der Waals surface area contributed by atoms with Gasteiger partial charge in [0, 0.05) is 18.5 Å². The number of carboxylic acids is 1. The number of carboxylic acid groups (broad SMARTS) is 1. The molecule has 7 nitrogen and oxygen atoms in total. The van der Waals surface area contributed by atoms with E-state index in [1.165, 1.54) is 24.3 Å². The molecule has 0 spiro atoms. The molecule has 1 aromatic carbocycles. The van der Waals surface area contributed by atoms with Gasteiger partial charge in [-0.25, -0.2) is 4.98 Å². The Balaban J connectivity index is 1.85. The number of carbonyl (C=O) groups is 3. The van der Waals surface area contributed by atoms with Crippen LogP contribution in [0, 0.1) is 0 Å². The van der Waals surface area contributed by atoms with Crippen molar-refractivity contribution in [3.8, 4) is 11.3 Å². The fourth-order valence-electron chi connectivity index (χ4n) is 3.10. The topological polar surface area (TPSA) is 99.6 Å². The highest BCUT2D eigenvalue weighted by Gasteiger charge is 2.37. The Labute approximate surface area is 214 Å². The molecule has 0 bridgehead atoms. The fourth-order valence-corrected chi connectivity index (χ4v) is 4.39. The maximum Gasteiger partial charge on any atom is 0.416 e. The second-order valence-electron chi connectivity index (χ2n) is 7.50. The van der Waals surface area contributed by atoms with Gasteiger partial charge >= 0.3 is 18.3 Å². The number of amides is 2. The summed E-state index contributed by atoms with van der Waals surface area (Å²) in [5.74, 6) is -2.45. The first kappa shape index (κ1) is 28.1. The molecule has 1 aromatic heterocycles. The van der Waals surface area contributed by atoms with Gasteiger partial charge in [0.05, 0.1) is 27.4 Å². The number of benzene rings is 1. The summed E-state index contributed by atoms with van der Waals surface area (Å²) >= 11 is 6.00. The molecule has 2 N–H and O–H groups in total. The number of alkyl halides is 6. The molecule has 2 amide bonds. The number of aliphatic carboxylic acids is 1. The lowest BCUT2D eigenvalue weighted by molar-refractivity contribution is -0.143. The summed E-state index contributed by atoms with van der Waals surface area (Å²) < 4.78 is 79.3. The molecular formula is C22H15F6N3O4S2. The summed E-state index contributed by atoms with van der Waals surface area (Å²) in [7, 11) is 0. The summed E-state index contributed by atoms with van der Waals surface area (Å²) in [6, 6.07) is 5.10. The third-order valence-electron chi connectivity index (χ3n) is 4.81. The summed E-state index contributed by atoms with van der Waals surface area (Å²) in [5.41, 5.74) is -3.51. The highest BCUT2D eigenvalue weighted by atomic mass is 32.2. The van der Waals surface area contributed by atoms with Gasteiger partial charge < -0.3 is 10.4 Å². The van der Waals surface area contributed by atoms with Gasteiger partial charge in [0.1, 0.15) is 10.9 Å². The number of thioether (sulfide) groups is 1. The first-order valence-corrected chi connectivity index (χ1v) is 11.4. The molecule has 1 saturated heterocycles. The first-order chi connectivity index (χ1) is 17.1. The van der Waals surface area contributed by atoms with Gasteiger partial charge in [-0.05, 0) is 36.4 Å². The lowest BCUT2D eigenvalue weighted by Gasteiger charge is -2.14. The van der Waals surface area contributed by atoms with E-state index in [0.717, 1.165) is 16.7 Å². The van der Waals surface area contributed by atoms with Crippen LogP contribution in [0.15, 0.2) is 41.3 Å². The lowest BCUT2D eigenvalue weighted by Crippen LogP contribution is -2.35. The van der Waals surface area contributed by atoms with Gasteiger partial charge in [0.25, 0.3) is 5.91 Å². The van der Waals surface area contributed by atoms with Crippen LogP contribution in [-0.2, 0) is 26.7 Å². The molecule has 2 aromatic rings. The summed E-state index contributed by atoms with van der Waals surface area (Å²) in [6.45, 7) is -0.721. The van der Waals surface area contributed by atoms with Crippen LogP contribution in [-0.4, -0.2) is 50.2 Å². The van der Waals surface area contributed by atoms with Gasteiger partial charge in [0.15, 0.2) is 0 Å². The van der Waals surface area contributed by atoms with Crippen molar-refractivity contribution >= 4 is 52.2 Å². The zero-order valence-electron chi connectivity index (χ0n) is 18.3. The van der Waals surface area contributed by atoms with Gasteiger partial charge in [-0.2, -0.15) is 26.3 Å². The Morgan fingerprint density at radius 1 is 1.08 bits per heavy atom. The predicted molar refractivity (Wildman–Crippen MR) is 125 cm³/mol. The number of hydrogen-bond acceptors (Lipinski definition) is 6. The molecule has 1 fully saturated rings. The Morgan fingerprint density at radius 3 is 2.27 bits per heavy atom. The number of nitrogens with one attached hydrogen (secondary N) is 1. The minimum absolute atomic E-state index is 0.0145. The largest absolute Gasteiger partial charge is 0.480 e. The maximum atomic E-state index is 13.2. The second kappa shape index (κ2) is 10.9. The third kappa shape index (κ3) is 7.29. The van der Waals surface area contributed by atoms with Crippen molar-refractivity contribution in [2.75, 3.05) is 13.1 Å². The van der Waals surface area contributed by atoms with Crippen molar-refractivity contribution in [1.29, 1.82) is 0 Å². The second-order valence-corrected chi connectivity index (χ2v) is 9.17. The maximum absolute atomic E-state index is 13.2. The smallest absolute Gasteiger partial charge is 0.416 e. The van der Waals surface area contributed by atoms with E-state index in [4.69, 9.17) is 17.3 Å². The average molecular weight is 564 g/mol. The Bertz CT molecular complexity index is 1260. The number of pyridine rings is 1. The zero-order chi connectivity index (χ0) is 27.5. The molecule has 1 aliphatic rings. The third-order valence-corrected chi connectivity index (χ3v) is 6.18. The standard InChI is InChI=1S/C22H15F6N3O4S2/c23-21(24,25)12-6-11(7-13(8-12)22(26,27)28)15-3-1-2-14(30-15)9-16-19(35)31(20(36)37-16)5-4-17(32)29-10-18(33)34/h1-3,6-9H,4-5,10H2,(H,29,32)(H,33,34). The van der Waals surface area contributed by atoms with Crippen LogP contribution in [0.4, 0.5) is 26.3 Å². The Hall–Kier alpha value is -3.46. The molecule has 0 radical (unpaired) electrons. The van der Waals surface area contributed by atoms with Crippen molar-refractivity contribution in [3.63, 3.8) is 0 Å². The van der Waals surface area contributed by atoms with Crippen LogP contribution in [0.1, 0.15) is 23.2 Å².